The zero-order valence-electron chi connectivity index (χ0n) is 10.8. The monoisotopic (exact) mass is 236 g/mol. The van der Waals surface area contributed by atoms with E-state index in [0.29, 0.717) is 0 Å². The van der Waals surface area contributed by atoms with Crippen LogP contribution in [0, 0.1) is 19.3 Å². The molecular formula is C14H20O3. The van der Waals surface area contributed by atoms with Gasteiger partial charge in [0.15, 0.2) is 0 Å². The van der Waals surface area contributed by atoms with Gasteiger partial charge < -0.3 is 10.2 Å². The third kappa shape index (κ3) is 3.30. The van der Waals surface area contributed by atoms with Gasteiger partial charge in [-0.15, -0.1) is 0 Å². The number of benzene rings is 1. The van der Waals surface area contributed by atoms with Crippen molar-refractivity contribution in [2.24, 2.45) is 5.41 Å². The van der Waals surface area contributed by atoms with Crippen molar-refractivity contribution in [3.63, 3.8) is 0 Å². The fourth-order valence-electron chi connectivity index (χ4n) is 1.66. The molecule has 0 heterocycles. The normalized spacial score (nSPS) is 13.5. The fraction of sp³-hybridized carbons (Fsp3) is 0.500. The van der Waals surface area contributed by atoms with Gasteiger partial charge in [-0.25, -0.2) is 0 Å². The third-order valence-electron chi connectivity index (χ3n) is 3.20. The molecule has 0 radical (unpaired) electrons. The Morgan fingerprint density at radius 2 is 1.88 bits per heavy atom. The summed E-state index contributed by atoms with van der Waals surface area (Å²) < 4.78 is 0. The number of hydrogen-bond donors (Lipinski definition) is 2. The lowest BCUT2D eigenvalue weighted by Gasteiger charge is -2.23. The van der Waals surface area contributed by atoms with Gasteiger partial charge in [0.05, 0.1) is 11.5 Å². The van der Waals surface area contributed by atoms with Crippen molar-refractivity contribution in [1.82, 2.24) is 0 Å². The number of aliphatic hydroxyl groups is 1. The maximum absolute atomic E-state index is 11.0. The standard InChI is InChI=1S/C14H20O3/c1-9-5-6-11(7-10(9)2)12(15)8-14(3,4)13(16)17/h5-7,12,15H,8H2,1-4H3,(H,16,17). The van der Waals surface area contributed by atoms with Crippen LogP contribution in [-0.4, -0.2) is 16.2 Å². The smallest absolute Gasteiger partial charge is 0.309 e. The topological polar surface area (TPSA) is 57.5 Å². The highest BCUT2D eigenvalue weighted by molar-refractivity contribution is 5.73. The molecule has 3 nitrogen and oxygen atoms in total. The Kier molecular flexibility index (Phi) is 3.94. The van der Waals surface area contributed by atoms with Crippen LogP contribution in [0.1, 0.15) is 43.1 Å². The minimum absolute atomic E-state index is 0.213. The predicted molar refractivity (Wildman–Crippen MR) is 66.9 cm³/mol. The number of aliphatic hydroxyl groups excluding tert-OH is 1. The van der Waals surface area contributed by atoms with E-state index >= 15 is 0 Å². The first-order chi connectivity index (χ1) is 7.74. The minimum atomic E-state index is -0.918. The molecule has 0 aromatic heterocycles. The molecular weight excluding hydrogens is 216 g/mol. The van der Waals surface area contributed by atoms with Crippen molar-refractivity contribution in [1.29, 1.82) is 0 Å². The van der Waals surface area contributed by atoms with E-state index in [0.717, 1.165) is 11.1 Å². The Labute approximate surface area is 102 Å². The highest BCUT2D eigenvalue weighted by Gasteiger charge is 2.30. The fourth-order valence-corrected chi connectivity index (χ4v) is 1.66. The zero-order chi connectivity index (χ0) is 13.2. The first kappa shape index (κ1) is 13.7. The summed E-state index contributed by atoms with van der Waals surface area (Å²) >= 11 is 0. The molecule has 1 unspecified atom stereocenters. The summed E-state index contributed by atoms with van der Waals surface area (Å²) in [6, 6.07) is 5.71. The van der Waals surface area contributed by atoms with Gasteiger partial charge >= 0.3 is 5.97 Å². The Bertz CT molecular complexity index is 421. The van der Waals surface area contributed by atoms with E-state index in [1.54, 1.807) is 13.8 Å². The van der Waals surface area contributed by atoms with Gasteiger partial charge in [0.1, 0.15) is 0 Å². The number of carboxylic acids is 1. The first-order valence-corrected chi connectivity index (χ1v) is 5.72. The van der Waals surface area contributed by atoms with Crippen molar-refractivity contribution >= 4 is 5.97 Å². The Morgan fingerprint density at radius 3 is 2.35 bits per heavy atom. The van der Waals surface area contributed by atoms with Crippen LogP contribution in [0.4, 0.5) is 0 Å². The Hall–Kier alpha value is -1.35. The van der Waals surface area contributed by atoms with Crippen LogP contribution in [0.15, 0.2) is 18.2 Å². The van der Waals surface area contributed by atoms with Crippen LogP contribution in [0.3, 0.4) is 0 Å². The molecule has 1 rings (SSSR count). The average molecular weight is 236 g/mol. The number of aryl methyl sites for hydroxylation is 2. The maximum Gasteiger partial charge on any atom is 0.309 e. The Balaban J connectivity index is 2.87. The molecule has 17 heavy (non-hydrogen) atoms. The summed E-state index contributed by atoms with van der Waals surface area (Å²) in [5.41, 5.74) is 2.13. The molecule has 0 spiro atoms. The van der Waals surface area contributed by atoms with E-state index in [1.807, 2.05) is 32.0 Å². The van der Waals surface area contributed by atoms with E-state index in [2.05, 4.69) is 0 Å². The lowest BCUT2D eigenvalue weighted by Crippen LogP contribution is -2.26. The molecule has 0 saturated heterocycles. The summed E-state index contributed by atoms with van der Waals surface area (Å²) in [6.07, 6.45) is -0.523. The van der Waals surface area contributed by atoms with Crippen LogP contribution in [0.25, 0.3) is 0 Å². The van der Waals surface area contributed by atoms with Gasteiger partial charge in [-0.3, -0.25) is 4.79 Å². The summed E-state index contributed by atoms with van der Waals surface area (Å²) in [5, 5.41) is 19.1. The summed E-state index contributed by atoms with van der Waals surface area (Å²) in [6.45, 7) is 7.24. The number of carbonyl (C=O) groups is 1. The van der Waals surface area contributed by atoms with E-state index in [1.165, 1.54) is 5.56 Å². The second-order valence-corrected chi connectivity index (χ2v) is 5.25. The minimum Gasteiger partial charge on any atom is -0.481 e. The van der Waals surface area contributed by atoms with Crippen LogP contribution < -0.4 is 0 Å². The molecule has 0 fully saturated rings. The van der Waals surface area contributed by atoms with Crippen LogP contribution in [0.5, 0.6) is 0 Å². The molecule has 0 amide bonds. The zero-order valence-corrected chi connectivity index (χ0v) is 10.8. The highest BCUT2D eigenvalue weighted by Crippen LogP contribution is 2.30. The molecule has 0 aliphatic heterocycles. The van der Waals surface area contributed by atoms with Crippen molar-refractivity contribution in [2.45, 2.75) is 40.2 Å². The molecule has 3 heteroatoms. The largest absolute Gasteiger partial charge is 0.481 e. The summed E-state index contributed by atoms with van der Waals surface area (Å²) in [7, 11) is 0. The lowest BCUT2D eigenvalue weighted by atomic mass is 9.84. The van der Waals surface area contributed by atoms with Crippen molar-refractivity contribution in [2.75, 3.05) is 0 Å². The van der Waals surface area contributed by atoms with E-state index in [9.17, 15) is 9.90 Å². The molecule has 1 aromatic rings. The molecule has 0 saturated carbocycles. The van der Waals surface area contributed by atoms with Crippen LogP contribution in [-0.2, 0) is 4.79 Å². The quantitative estimate of drug-likeness (QED) is 0.845. The average Bonchev–Trinajstić information content (AvgIpc) is 2.21. The second-order valence-electron chi connectivity index (χ2n) is 5.25. The van der Waals surface area contributed by atoms with Crippen molar-refractivity contribution < 1.29 is 15.0 Å². The second kappa shape index (κ2) is 4.88. The molecule has 0 bridgehead atoms. The first-order valence-electron chi connectivity index (χ1n) is 5.72. The molecule has 2 N–H and O–H groups in total. The van der Waals surface area contributed by atoms with E-state index in [-0.39, 0.29) is 6.42 Å². The van der Waals surface area contributed by atoms with Crippen LogP contribution >= 0.6 is 0 Å². The Morgan fingerprint density at radius 1 is 1.29 bits per heavy atom. The maximum atomic E-state index is 11.0. The number of rotatable bonds is 4. The van der Waals surface area contributed by atoms with Gasteiger partial charge in [-0.2, -0.15) is 0 Å². The van der Waals surface area contributed by atoms with Gasteiger partial charge in [-0.05, 0) is 50.8 Å². The molecule has 0 aliphatic rings. The van der Waals surface area contributed by atoms with Crippen LogP contribution in [0.2, 0.25) is 0 Å². The van der Waals surface area contributed by atoms with Gasteiger partial charge in [0.2, 0.25) is 0 Å². The lowest BCUT2D eigenvalue weighted by molar-refractivity contribution is -0.148. The highest BCUT2D eigenvalue weighted by atomic mass is 16.4. The van der Waals surface area contributed by atoms with Gasteiger partial charge in [0.25, 0.3) is 0 Å². The predicted octanol–water partition coefficient (Wildman–Crippen LogP) is 2.84. The van der Waals surface area contributed by atoms with Gasteiger partial charge in [0, 0.05) is 0 Å². The number of carboxylic acid groups (broad SMARTS) is 1. The molecule has 0 aliphatic carbocycles. The summed E-state index contributed by atoms with van der Waals surface area (Å²) in [4.78, 5) is 11.0. The van der Waals surface area contributed by atoms with Crippen molar-refractivity contribution in [3.8, 4) is 0 Å². The van der Waals surface area contributed by atoms with E-state index in [4.69, 9.17) is 5.11 Å². The van der Waals surface area contributed by atoms with Gasteiger partial charge in [-0.1, -0.05) is 18.2 Å². The SMILES string of the molecule is Cc1ccc(C(O)CC(C)(C)C(=O)O)cc1C. The van der Waals surface area contributed by atoms with Crippen molar-refractivity contribution in [3.05, 3.63) is 34.9 Å². The number of aliphatic carboxylic acids is 1. The van der Waals surface area contributed by atoms with E-state index < -0.39 is 17.5 Å². The third-order valence-corrected chi connectivity index (χ3v) is 3.20. The number of hydrogen-bond acceptors (Lipinski definition) is 2. The molecule has 1 aromatic carbocycles. The summed E-state index contributed by atoms with van der Waals surface area (Å²) in [5.74, 6) is -0.889. The molecule has 94 valence electrons. The molecule has 1 atom stereocenters.